The van der Waals surface area contributed by atoms with Crippen LogP contribution < -0.4 is 0 Å². The van der Waals surface area contributed by atoms with E-state index in [0.29, 0.717) is 19.5 Å². The molecule has 0 unspecified atom stereocenters. The van der Waals surface area contributed by atoms with Crippen LogP contribution in [0.3, 0.4) is 0 Å². The molecule has 0 spiro atoms. The summed E-state index contributed by atoms with van der Waals surface area (Å²) >= 11 is 1.79. The van der Waals surface area contributed by atoms with Gasteiger partial charge in [0.15, 0.2) is 0 Å². The highest BCUT2D eigenvalue weighted by molar-refractivity contribution is 7.10. The van der Waals surface area contributed by atoms with Crippen molar-refractivity contribution in [2.24, 2.45) is 0 Å². The summed E-state index contributed by atoms with van der Waals surface area (Å²) in [7, 11) is 0. The Morgan fingerprint density at radius 2 is 2.10 bits per heavy atom. The zero-order chi connectivity index (χ0) is 20.5. The molecule has 3 aromatic rings. The number of hydrogen-bond acceptors (Lipinski definition) is 5. The first-order valence-electron chi connectivity index (χ1n) is 10.2. The number of aromatic nitrogens is 2. The second kappa shape index (κ2) is 8.22. The fraction of sp³-hybridized carbons (Fsp3) is 0.364. The first-order chi connectivity index (χ1) is 14.7. The number of rotatable bonds is 4. The predicted octanol–water partition coefficient (Wildman–Crippen LogP) is 3.89. The Balaban J connectivity index is 1.39. The molecular formula is C22H24N4O3S. The Kier molecular flexibility index (Phi) is 5.28. The van der Waals surface area contributed by atoms with Crippen LogP contribution in [0.1, 0.15) is 16.9 Å². The number of thiophene rings is 1. The lowest BCUT2D eigenvalue weighted by Gasteiger charge is -2.25. The van der Waals surface area contributed by atoms with E-state index in [-0.39, 0.29) is 0 Å². The zero-order valence-corrected chi connectivity index (χ0v) is 17.5. The third-order valence-corrected chi connectivity index (χ3v) is 6.75. The van der Waals surface area contributed by atoms with Gasteiger partial charge in [-0.1, -0.05) is 6.08 Å². The summed E-state index contributed by atoms with van der Waals surface area (Å²) in [6, 6.07) is 4.46. The maximum atomic E-state index is 11.2. The van der Waals surface area contributed by atoms with Crippen LogP contribution in [-0.4, -0.2) is 70.4 Å². The summed E-state index contributed by atoms with van der Waals surface area (Å²) in [6.45, 7) is 5.52. The molecule has 2 aliphatic heterocycles. The van der Waals surface area contributed by atoms with E-state index in [2.05, 4.69) is 32.4 Å². The number of fused-ring (bicyclic) bond motifs is 1. The minimum atomic E-state index is -0.862. The lowest BCUT2D eigenvalue weighted by atomic mass is 9.98. The Hall–Kier alpha value is -2.68. The minimum Gasteiger partial charge on any atom is -0.465 e. The highest BCUT2D eigenvalue weighted by atomic mass is 32.1. The van der Waals surface area contributed by atoms with Gasteiger partial charge in [-0.2, -0.15) is 0 Å². The molecular weight excluding hydrogens is 400 g/mol. The molecule has 0 radical (unpaired) electrons. The minimum absolute atomic E-state index is 0.430. The Bertz CT molecular complexity index is 1100. The van der Waals surface area contributed by atoms with Gasteiger partial charge in [0, 0.05) is 66.5 Å². The Labute approximate surface area is 178 Å². The highest BCUT2D eigenvalue weighted by Gasteiger charge is 2.19. The van der Waals surface area contributed by atoms with Crippen molar-refractivity contribution in [3.8, 4) is 11.1 Å². The normalized spacial score (nSPS) is 18.0. The van der Waals surface area contributed by atoms with Gasteiger partial charge in [0.05, 0.1) is 13.2 Å². The molecule has 1 fully saturated rings. The van der Waals surface area contributed by atoms with Crippen LogP contribution in [0.4, 0.5) is 4.79 Å². The quantitative estimate of drug-likeness (QED) is 0.664. The van der Waals surface area contributed by atoms with Crippen LogP contribution >= 0.6 is 11.3 Å². The first kappa shape index (κ1) is 19.3. The second-order valence-corrected chi connectivity index (χ2v) is 8.72. The summed E-state index contributed by atoms with van der Waals surface area (Å²) in [5.74, 6) is 0. The molecule has 30 heavy (non-hydrogen) atoms. The van der Waals surface area contributed by atoms with Gasteiger partial charge in [-0.05, 0) is 35.1 Å². The summed E-state index contributed by atoms with van der Waals surface area (Å²) in [4.78, 5) is 24.3. The summed E-state index contributed by atoms with van der Waals surface area (Å²) < 4.78 is 5.44. The number of carbonyl (C=O) groups is 1. The van der Waals surface area contributed by atoms with Crippen molar-refractivity contribution in [2.75, 3.05) is 39.4 Å². The first-order valence-corrected chi connectivity index (χ1v) is 11.1. The van der Waals surface area contributed by atoms with E-state index in [9.17, 15) is 4.79 Å². The number of pyridine rings is 1. The molecule has 2 aliphatic rings. The SMILES string of the molecule is O=C(O)N1CC=C(c2c[nH]c3ncc(-c4csc(CN5CCOCC5)c4)cc23)CC1. The third kappa shape index (κ3) is 3.86. The van der Waals surface area contributed by atoms with Crippen molar-refractivity contribution in [1.29, 1.82) is 0 Å². The van der Waals surface area contributed by atoms with E-state index in [1.165, 1.54) is 20.9 Å². The molecule has 7 nitrogen and oxygen atoms in total. The average molecular weight is 425 g/mol. The van der Waals surface area contributed by atoms with Crippen molar-refractivity contribution in [1.82, 2.24) is 19.8 Å². The maximum absolute atomic E-state index is 11.2. The predicted molar refractivity (Wildman–Crippen MR) is 118 cm³/mol. The van der Waals surface area contributed by atoms with Crippen molar-refractivity contribution in [3.63, 3.8) is 0 Å². The molecule has 2 N–H and O–H groups in total. The van der Waals surface area contributed by atoms with Crippen LogP contribution in [0.15, 0.2) is 36.0 Å². The molecule has 5 rings (SSSR count). The van der Waals surface area contributed by atoms with Gasteiger partial charge in [-0.3, -0.25) is 4.90 Å². The standard InChI is InChI=1S/C22H24N4O3S/c27-22(28)26-3-1-15(2-4-26)20-12-24-21-19(20)10-16(11-23-21)17-9-18(30-14-17)13-25-5-7-29-8-6-25/h1,9-12,14H,2-8,13H2,(H,23,24)(H,27,28). The molecule has 1 amide bonds. The van der Waals surface area contributed by atoms with E-state index in [1.807, 2.05) is 18.5 Å². The number of amides is 1. The number of aromatic amines is 1. The molecule has 0 atom stereocenters. The summed E-state index contributed by atoms with van der Waals surface area (Å²) in [5, 5.41) is 12.5. The van der Waals surface area contributed by atoms with Crippen LogP contribution in [-0.2, 0) is 11.3 Å². The highest BCUT2D eigenvalue weighted by Crippen LogP contribution is 2.33. The monoisotopic (exact) mass is 424 g/mol. The lowest BCUT2D eigenvalue weighted by Crippen LogP contribution is -2.35. The van der Waals surface area contributed by atoms with Crippen LogP contribution in [0.5, 0.6) is 0 Å². The smallest absolute Gasteiger partial charge is 0.407 e. The fourth-order valence-electron chi connectivity index (χ4n) is 4.11. The average Bonchev–Trinajstić information content (AvgIpc) is 3.41. The molecule has 3 aromatic heterocycles. The Morgan fingerprint density at radius 1 is 1.23 bits per heavy atom. The van der Waals surface area contributed by atoms with E-state index in [0.717, 1.165) is 55.0 Å². The number of nitrogens with one attached hydrogen (secondary N) is 1. The van der Waals surface area contributed by atoms with E-state index in [1.54, 1.807) is 11.3 Å². The number of carboxylic acid groups (broad SMARTS) is 1. The van der Waals surface area contributed by atoms with Gasteiger partial charge in [-0.15, -0.1) is 11.3 Å². The summed E-state index contributed by atoms with van der Waals surface area (Å²) in [6.07, 6.45) is 5.77. The number of ether oxygens (including phenoxy) is 1. The third-order valence-electron chi connectivity index (χ3n) is 5.83. The molecule has 156 valence electrons. The van der Waals surface area contributed by atoms with Gasteiger partial charge in [0.2, 0.25) is 0 Å². The van der Waals surface area contributed by atoms with Gasteiger partial charge < -0.3 is 19.7 Å². The topological polar surface area (TPSA) is 81.7 Å². The molecule has 1 saturated heterocycles. The number of hydrogen-bond donors (Lipinski definition) is 2. The molecule has 5 heterocycles. The second-order valence-electron chi connectivity index (χ2n) is 7.72. The van der Waals surface area contributed by atoms with Crippen molar-refractivity contribution < 1.29 is 14.6 Å². The maximum Gasteiger partial charge on any atom is 0.407 e. The van der Waals surface area contributed by atoms with Crippen LogP contribution in [0.2, 0.25) is 0 Å². The number of H-pyrrole nitrogens is 1. The van der Waals surface area contributed by atoms with Crippen LogP contribution in [0, 0.1) is 0 Å². The largest absolute Gasteiger partial charge is 0.465 e. The number of morpholine rings is 1. The molecule has 0 aromatic carbocycles. The zero-order valence-electron chi connectivity index (χ0n) is 16.6. The van der Waals surface area contributed by atoms with Gasteiger partial charge in [0.1, 0.15) is 5.65 Å². The lowest BCUT2D eigenvalue weighted by molar-refractivity contribution is 0.0346. The van der Waals surface area contributed by atoms with Gasteiger partial charge in [-0.25, -0.2) is 9.78 Å². The van der Waals surface area contributed by atoms with Gasteiger partial charge >= 0.3 is 6.09 Å². The van der Waals surface area contributed by atoms with Crippen molar-refractivity contribution in [3.05, 3.63) is 46.4 Å². The summed E-state index contributed by atoms with van der Waals surface area (Å²) in [5.41, 5.74) is 5.46. The van der Waals surface area contributed by atoms with E-state index >= 15 is 0 Å². The molecule has 8 heteroatoms. The molecule has 0 aliphatic carbocycles. The molecule has 0 saturated carbocycles. The van der Waals surface area contributed by atoms with Crippen LogP contribution in [0.25, 0.3) is 27.7 Å². The van der Waals surface area contributed by atoms with Crippen molar-refractivity contribution in [2.45, 2.75) is 13.0 Å². The Morgan fingerprint density at radius 3 is 2.87 bits per heavy atom. The van der Waals surface area contributed by atoms with Gasteiger partial charge in [0.25, 0.3) is 0 Å². The molecule has 0 bridgehead atoms. The van der Waals surface area contributed by atoms with E-state index in [4.69, 9.17) is 9.84 Å². The fourth-order valence-corrected chi connectivity index (χ4v) is 5.04. The van der Waals surface area contributed by atoms with E-state index < -0.39 is 6.09 Å². The number of nitrogens with zero attached hydrogens (tertiary/aromatic N) is 3. The van der Waals surface area contributed by atoms with Crippen molar-refractivity contribution >= 4 is 34.0 Å².